The summed E-state index contributed by atoms with van der Waals surface area (Å²) in [5.74, 6) is 0.156. The van der Waals surface area contributed by atoms with E-state index in [1.807, 2.05) is 48.5 Å². The third-order valence-corrected chi connectivity index (χ3v) is 8.88. The first kappa shape index (κ1) is 27.0. The SMILES string of the molecule is Oc1ccc(C2=CC3=c4ccccc4=CC3=C(c3ccc(O)cc3)C2(c2ccc(O)c(Cl)c2)c2ccc(O)c(Cl)c2)cc1. The number of halogens is 2. The maximum Gasteiger partial charge on any atom is 0.134 e. The topological polar surface area (TPSA) is 80.9 Å². The minimum Gasteiger partial charge on any atom is -0.508 e. The number of hydrogen-bond acceptors (Lipinski definition) is 4. The molecule has 0 amide bonds. The number of hydrogen-bond donors (Lipinski definition) is 4. The highest BCUT2D eigenvalue weighted by molar-refractivity contribution is 6.32. The minimum atomic E-state index is -1.10. The van der Waals surface area contributed by atoms with Crippen LogP contribution in [0.25, 0.3) is 22.8 Å². The van der Waals surface area contributed by atoms with Gasteiger partial charge in [0.05, 0.1) is 15.5 Å². The largest absolute Gasteiger partial charge is 0.508 e. The van der Waals surface area contributed by atoms with Gasteiger partial charge >= 0.3 is 0 Å². The third kappa shape index (κ3) is 4.22. The fraction of sp³-hybridized carbons (Fsp3) is 0.0270. The van der Waals surface area contributed by atoms with Crippen LogP contribution in [0.15, 0.2) is 121 Å². The van der Waals surface area contributed by atoms with Crippen LogP contribution in [0.2, 0.25) is 10.0 Å². The van der Waals surface area contributed by atoms with E-state index in [-0.39, 0.29) is 33.0 Å². The minimum absolute atomic E-state index is 0.0544. The second-order valence-corrected chi connectivity index (χ2v) is 11.5. The van der Waals surface area contributed by atoms with Gasteiger partial charge in [0.1, 0.15) is 23.0 Å². The summed E-state index contributed by atoms with van der Waals surface area (Å²) in [5.41, 5.74) is 5.82. The molecule has 0 aromatic heterocycles. The number of benzene rings is 5. The Kier molecular flexibility index (Phi) is 6.35. The van der Waals surface area contributed by atoms with Crippen LogP contribution < -0.4 is 10.4 Å². The fourth-order valence-electron chi connectivity index (χ4n) is 6.39. The van der Waals surface area contributed by atoms with Gasteiger partial charge in [-0.2, -0.15) is 0 Å². The third-order valence-electron chi connectivity index (χ3n) is 8.27. The Bertz CT molecular complexity index is 2070. The molecule has 0 heterocycles. The molecule has 0 bridgehead atoms. The van der Waals surface area contributed by atoms with E-state index in [1.54, 1.807) is 48.5 Å². The zero-order valence-electron chi connectivity index (χ0n) is 22.6. The normalized spacial score (nSPS) is 15.0. The standard InChI is InChI=1S/C37H24Cl2O4/c38-32-18-24(9-15-34(32)42)37(25-10-16-35(43)33(39)19-25)31(21-5-11-26(40)12-6-21)20-29-28-4-2-1-3-23(28)17-30(29)36(37)22-7-13-27(41)14-8-22/h1-20,40-43H. The second kappa shape index (κ2) is 10.1. The smallest absolute Gasteiger partial charge is 0.134 e. The van der Waals surface area contributed by atoms with Crippen molar-refractivity contribution in [1.29, 1.82) is 0 Å². The zero-order valence-corrected chi connectivity index (χ0v) is 24.1. The van der Waals surface area contributed by atoms with Gasteiger partial charge in [0.25, 0.3) is 0 Å². The van der Waals surface area contributed by atoms with Crippen molar-refractivity contribution < 1.29 is 20.4 Å². The van der Waals surface area contributed by atoms with Crippen molar-refractivity contribution in [1.82, 2.24) is 0 Å². The van der Waals surface area contributed by atoms with Gasteiger partial charge in [-0.3, -0.25) is 0 Å². The van der Waals surface area contributed by atoms with Crippen molar-refractivity contribution in [2.24, 2.45) is 0 Å². The summed E-state index contributed by atoms with van der Waals surface area (Å²) in [7, 11) is 0. The van der Waals surface area contributed by atoms with Crippen molar-refractivity contribution in [3.8, 4) is 23.0 Å². The van der Waals surface area contributed by atoms with Gasteiger partial charge in [0.15, 0.2) is 0 Å². The predicted molar refractivity (Wildman–Crippen MR) is 172 cm³/mol. The molecule has 43 heavy (non-hydrogen) atoms. The number of phenols is 4. The molecule has 4 N–H and O–H groups in total. The van der Waals surface area contributed by atoms with E-state index in [4.69, 9.17) is 23.2 Å². The van der Waals surface area contributed by atoms with Gasteiger partial charge < -0.3 is 20.4 Å². The van der Waals surface area contributed by atoms with E-state index in [1.165, 1.54) is 0 Å². The van der Waals surface area contributed by atoms with Crippen LogP contribution in [0.1, 0.15) is 22.3 Å². The lowest BCUT2D eigenvalue weighted by Crippen LogP contribution is -2.34. The number of rotatable bonds is 4. The number of aromatic hydroxyl groups is 4. The predicted octanol–water partition coefficient (Wildman–Crippen LogP) is 7.30. The van der Waals surface area contributed by atoms with Gasteiger partial charge in [-0.05, 0) is 116 Å². The highest BCUT2D eigenvalue weighted by Gasteiger charge is 2.47. The molecule has 7 rings (SSSR count). The Balaban J connectivity index is 1.74. The van der Waals surface area contributed by atoms with Crippen LogP contribution in [0.4, 0.5) is 0 Å². The molecule has 0 saturated carbocycles. The highest BCUT2D eigenvalue weighted by atomic mass is 35.5. The summed E-state index contributed by atoms with van der Waals surface area (Å²) in [5, 5.41) is 44.0. The first-order chi connectivity index (χ1) is 20.8. The number of phenolic OH excluding ortho intramolecular Hbond substituents is 4. The number of allylic oxidation sites excluding steroid dienone is 4. The Morgan fingerprint density at radius 3 is 1.60 bits per heavy atom. The summed E-state index contributed by atoms with van der Waals surface area (Å²) in [6.07, 6.45) is 4.32. The molecule has 2 aliphatic carbocycles. The van der Waals surface area contributed by atoms with Gasteiger partial charge in [0.2, 0.25) is 0 Å². The highest BCUT2D eigenvalue weighted by Crippen LogP contribution is 2.59. The van der Waals surface area contributed by atoms with Crippen molar-refractivity contribution in [2.75, 3.05) is 0 Å². The summed E-state index contributed by atoms with van der Waals surface area (Å²) in [6, 6.07) is 32.6. The molecular weight excluding hydrogens is 579 g/mol. The zero-order chi connectivity index (χ0) is 29.9. The molecule has 0 aliphatic heterocycles. The van der Waals surface area contributed by atoms with Gasteiger partial charge in [-0.25, -0.2) is 0 Å². The van der Waals surface area contributed by atoms with E-state index >= 15 is 0 Å². The van der Waals surface area contributed by atoms with Crippen LogP contribution in [0.5, 0.6) is 23.0 Å². The van der Waals surface area contributed by atoms with Crippen molar-refractivity contribution in [3.05, 3.63) is 164 Å². The fourth-order valence-corrected chi connectivity index (χ4v) is 6.75. The first-order valence-corrected chi connectivity index (χ1v) is 14.4. The average Bonchev–Trinajstić information content (AvgIpc) is 3.38. The van der Waals surface area contributed by atoms with Crippen LogP contribution in [0, 0.1) is 0 Å². The lowest BCUT2D eigenvalue weighted by Gasteiger charge is -2.44. The van der Waals surface area contributed by atoms with Crippen molar-refractivity contribution in [2.45, 2.75) is 5.41 Å². The van der Waals surface area contributed by atoms with Gasteiger partial charge in [-0.15, -0.1) is 0 Å². The van der Waals surface area contributed by atoms with Gasteiger partial charge in [0, 0.05) is 0 Å². The lowest BCUT2D eigenvalue weighted by molar-refractivity contribution is 0.474. The maximum absolute atomic E-state index is 10.5. The van der Waals surface area contributed by atoms with E-state index in [0.717, 1.165) is 55.0 Å². The van der Waals surface area contributed by atoms with Crippen molar-refractivity contribution >= 4 is 46.0 Å². The van der Waals surface area contributed by atoms with Crippen LogP contribution in [-0.4, -0.2) is 20.4 Å². The molecule has 0 fully saturated rings. The summed E-state index contributed by atoms with van der Waals surface area (Å²) in [6.45, 7) is 0. The Morgan fingerprint density at radius 1 is 0.512 bits per heavy atom. The van der Waals surface area contributed by atoms with E-state index in [0.29, 0.717) is 0 Å². The van der Waals surface area contributed by atoms with E-state index in [2.05, 4.69) is 24.3 Å². The average molecular weight is 604 g/mol. The Hall–Kier alpha value is -4.90. The molecule has 210 valence electrons. The summed E-state index contributed by atoms with van der Waals surface area (Å²) < 4.78 is 0. The molecule has 0 atom stereocenters. The molecular formula is C37H24Cl2O4. The summed E-state index contributed by atoms with van der Waals surface area (Å²) >= 11 is 13.2. The monoisotopic (exact) mass is 602 g/mol. The Labute approximate surface area is 257 Å². The molecule has 5 aromatic rings. The molecule has 0 saturated heterocycles. The quantitative estimate of drug-likeness (QED) is 0.174. The molecule has 0 spiro atoms. The molecule has 4 nitrogen and oxygen atoms in total. The molecule has 0 radical (unpaired) electrons. The molecule has 0 unspecified atom stereocenters. The van der Waals surface area contributed by atoms with Crippen LogP contribution in [0.3, 0.4) is 0 Å². The summed E-state index contributed by atoms with van der Waals surface area (Å²) in [4.78, 5) is 0. The van der Waals surface area contributed by atoms with E-state index < -0.39 is 5.41 Å². The van der Waals surface area contributed by atoms with Crippen LogP contribution >= 0.6 is 23.2 Å². The van der Waals surface area contributed by atoms with Crippen LogP contribution in [-0.2, 0) is 5.41 Å². The first-order valence-electron chi connectivity index (χ1n) is 13.6. The molecule has 5 aromatic carbocycles. The molecule has 2 aliphatic rings. The van der Waals surface area contributed by atoms with Gasteiger partial charge in [-0.1, -0.05) is 83.9 Å². The molecule has 6 heteroatoms. The maximum atomic E-state index is 10.5. The van der Waals surface area contributed by atoms with E-state index in [9.17, 15) is 20.4 Å². The lowest BCUT2D eigenvalue weighted by atomic mass is 9.57. The number of fused-ring (bicyclic) bond motifs is 2. The Morgan fingerprint density at radius 2 is 1.05 bits per heavy atom. The second-order valence-electron chi connectivity index (χ2n) is 10.7. The van der Waals surface area contributed by atoms with Crippen molar-refractivity contribution in [3.63, 3.8) is 0 Å².